The number of nitro benzene ring substituents is 1. The van der Waals surface area contributed by atoms with Gasteiger partial charge in [-0.15, -0.1) is 0 Å². The van der Waals surface area contributed by atoms with Crippen molar-refractivity contribution in [2.75, 3.05) is 6.61 Å². The van der Waals surface area contributed by atoms with Crippen LogP contribution in [0, 0.1) is 10.1 Å². The Morgan fingerprint density at radius 3 is 2.86 bits per heavy atom. The number of unbranched alkanes of at least 4 members (excludes halogenated alkanes) is 1. The van der Waals surface area contributed by atoms with Crippen LogP contribution in [0.5, 0.6) is 0 Å². The molecule has 0 saturated heterocycles. The zero-order valence-corrected chi connectivity index (χ0v) is 11.6. The van der Waals surface area contributed by atoms with Gasteiger partial charge in [-0.3, -0.25) is 10.1 Å². The number of esters is 1. The third kappa shape index (κ3) is 3.44. The SMILES string of the molecule is CCCCOC(=O)c1ccn(-c2ccccc2[N+](=O)[O-])n1. The summed E-state index contributed by atoms with van der Waals surface area (Å²) in [5, 5.41) is 15.0. The van der Waals surface area contributed by atoms with Gasteiger partial charge in [-0.1, -0.05) is 25.5 Å². The van der Waals surface area contributed by atoms with Gasteiger partial charge in [-0.2, -0.15) is 5.10 Å². The molecular weight excluding hydrogens is 274 g/mol. The van der Waals surface area contributed by atoms with E-state index in [1.54, 1.807) is 18.2 Å². The number of benzene rings is 1. The standard InChI is InChI=1S/C14H15N3O4/c1-2-3-10-21-14(18)11-8-9-16(15-11)12-6-4-5-7-13(12)17(19)20/h4-9H,2-3,10H2,1H3. The molecule has 2 aromatic rings. The van der Waals surface area contributed by atoms with Crippen LogP contribution in [0.15, 0.2) is 36.5 Å². The molecule has 0 aliphatic heterocycles. The summed E-state index contributed by atoms with van der Waals surface area (Å²) in [6.45, 7) is 2.34. The molecule has 0 spiro atoms. The first kappa shape index (κ1) is 14.7. The first-order valence-electron chi connectivity index (χ1n) is 6.60. The van der Waals surface area contributed by atoms with Crippen molar-refractivity contribution in [2.45, 2.75) is 19.8 Å². The molecule has 0 aliphatic carbocycles. The van der Waals surface area contributed by atoms with Gasteiger partial charge in [0.25, 0.3) is 5.69 Å². The van der Waals surface area contributed by atoms with Crippen molar-refractivity contribution in [1.29, 1.82) is 0 Å². The first-order valence-corrected chi connectivity index (χ1v) is 6.60. The summed E-state index contributed by atoms with van der Waals surface area (Å²) < 4.78 is 6.35. The molecule has 1 heterocycles. The number of para-hydroxylation sites is 2. The lowest BCUT2D eigenvalue weighted by Gasteiger charge is -2.03. The minimum atomic E-state index is -0.527. The highest BCUT2D eigenvalue weighted by Crippen LogP contribution is 2.21. The van der Waals surface area contributed by atoms with E-state index in [1.807, 2.05) is 6.92 Å². The normalized spacial score (nSPS) is 10.3. The molecule has 0 bridgehead atoms. The quantitative estimate of drug-likeness (QED) is 0.353. The van der Waals surface area contributed by atoms with Crippen LogP contribution in [-0.4, -0.2) is 27.3 Å². The fourth-order valence-corrected chi connectivity index (χ4v) is 1.76. The second kappa shape index (κ2) is 6.65. The molecule has 0 atom stereocenters. The van der Waals surface area contributed by atoms with Gasteiger partial charge in [0.05, 0.1) is 11.5 Å². The highest BCUT2D eigenvalue weighted by atomic mass is 16.6. The lowest BCUT2D eigenvalue weighted by molar-refractivity contribution is -0.384. The van der Waals surface area contributed by atoms with Crippen LogP contribution in [0.25, 0.3) is 5.69 Å². The number of nitro groups is 1. The van der Waals surface area contributed by atoms with Gasteiger partial charge in [0.2, 0.25) is 0 Å². The van der Waals surface area contributed by atoms with E-state index in [9.17, 15) is 14.9 Å². The maximum absolute atomic E-state index is 11.8. The molecule has 21 heavy (non-hydrogen) atoms. The molecule has 2 rings (SSSR count). The minimum Gasteiger partial charge on any atom is -0.461 e. The van der Waals surface area contributed by atoms with Gasteiger partial charge >= 0.3 is 5.97 Å². The van der Waals surface area contributed by atoms with Crippen LogP contribution in [0.4, 0.5) is 5.69 Å². The number of carbonyl (C=O) groups is 1. The fraction of sp³-hybridized carbons (Fsp3) is 0.286. The van der Waals surface area contributed by atoms with Crippen molar-refractivity contribution < 1.29 is 14.5 Å². The summed E-state index contributed by atoms with van der Waals surface area (Å²) in [7, 11) is 0. The summed E-state index contributed by atoms with van der Waals surface area (Å²) >= 11 is 0. The Morgan fingerprint density at radius 1 is 1.38 bits per heavy atom. The van der Waals surface area contributed by atoms with Crippen molar-refractivity contribution >= 4 is 11.7 Å². The van der Waals surface area contributed by atoms with E-state index in [0.29, 0.717) is 12.3 Å². The second-order valence-corrected chi connectivity index (χ2v) is 4.38. The minimum absolute atomic E-state index is 0.0773. The van der Waals surface area contributed by atoms with Crippen LogP contribution >= 0.6 is 0 Å². The molecule has 7 nitrogen and oxygen atoms in total. The van der Waals surface area contributed by atoms with Crippen molar-refractivity contribution in [1.82, 2.24) is 9.78 Å². The number of hydrogen-bond acceptors (Lipinski definition) is 5. The molecule has 0 amide bonds. The van der Waals surface area contributed by atoms with Crippen LogP contribution in [0.1, 0.15) is 30.3 Å². The highest BCUT2D eigenvalue weighted by molar-refractivity contribution is 5.87. The molecule has 0 radical (unpaired) electrons. The predicted octanol–water partition coefficient (Wildman–Crippen LogP) is 2.74. The van der Waals surface area contributed by atoms with Gasteiger partial charge in [-0.05, 0) is 18.6 Å². The number of nitrogens with zero attached hydrogens (tertiary/aromatic N) is 3. The average Bonchev–Trinajstić information content (AvgIpc) is 2.97. The fourth-order valence-electron chi connectivity index (χ4n) is 1.76. The van der Waals surface area contributed by atoms with Gasteiger partial charge in [0, 0.05) is 12.3 Å². The Kier molecular flexibility index (Phi) is 4.65. The van der Waals surface area contributed by atoms with E-state index in [0.717, 1.165) is 12.8 Å². The Bertz CT molecular complexity index is 651. The van der Waals surface area contributed by atoms with Crippen LogP contribution in [0.3, 0.4) is 0 Å². The second-order valence-electron chi connectivity index (χ2n) is 4.38. The van der Waals surface area contributed by atoms with E-state index in [1.165, 1.54) is 23.0 Å². The van der Waals surface area contributed by atoms with Crippen LogP contribution in [0.2, 0.25) is 0 Å². The third-order valence-corrected chi connectivity index (χ3v) is 2.85. The molecular formula is C14H15N3O4. The lowest BCUT2D eigenvalue weighted by Crippen LogP contribution is -2.08. The zero-order chi connectivity index (χ0) is 15.2. The van der Waals surface area contributed by atoms with Gasteiger partial charge < -0.3 is 4.74 Å². The van der Waals surface area contributed by atoms with E-state index >= 15 is 0 Å². The first-order chi connectivity index (χ1) is 10.1. The number of ether oxygens (including phenoxy) is 1. The number of hydrogen-bond donors (Lipinski definition) is 0. The summed E-state index contributed by atoms with van der Waals surface area (Å²) in [4.78, 5) is 22.2. The summed E-state index contributed by atoms with van der Waals surface area (Å²) in [5.41, 5.74) is 0.353. The number of rotatable bonds is 6. The smallest absolute Gasteiger partial charge is 0.358 e. The van der Waals surface area contributed by atoms with E-state index < -0.39 is 10.9 Å². The summed E-state index contributed by atoms with van der Waals surface area (Å²) in [5.74, 6) is -0.527. The predicted molar refractivity (Wildman–Crippen MR) is 75.4 cm³/mol. The monoisotopic (exact) mass is 289 g/mol. The third-order valence-electron chi connectivity index (χ3n) is 2.85. The average molecular weight is 289 g/mol. The van der Waals surface area contributed by atoms with Crippen molar-refractivity contribution in [2.24, 2.45) is 0 Å². The van der Waals surface area contributed by atoms with E-state index in [-0.39, 0.29) is 11.4 Å². The van der Waals surface area contributed by atoms with Crippen LogP contribution in [-0.2, 0) is 4.74 Å². The van der Waals surface area contributed by atoms with E-state index in [2.05, 4.69) is 5.10 Å². The molecule has 0 N–H and O–H groups in total. The Labute approximate surface area is 121 Å². The number of aromatic nitrogens is 2. The molecule has 1 aromatic carbocycles. The number of carbonyl (C=O) groups excluding carboxylic acids is 1. The Balaban J connectivity index is 2.20. The topological polar surface area (TPSA) is 87.3 Å². The van der Waals surface area contributed by atoms with Crippen LogP contribution < -0.4 is 0 Å². The van der Waals surface area contributed by atoms with E-state index in [4.69, 9.17) is 4.74 Å². The zero-order valence-electron chi connectivity index (χ0n) is 11.6. The van der Waals surface area contributed by atoms with Gasteiger partial charge in [0.1, 0.15) is 5.69 Å². The maximum Gasteiger partial charge on any atom is 0.358 e. The highest BCUT2D eigenvalue weighted by Gasteiger charge is 2.17. The van der Waals surface area contributed by atoms with Gasteiger partial charge in [0.15, 0.2) is 5.69 Å². The molecule has 0 saturated carbocycles. The summed E-state index contributed by atoms with van der Waals surface area (Å²) in [6, 6.07) is 7.67. The largest absolute Gasteiger partial charge is 0.461 e. The maximum atomic E-state index is 11.8. The Morgan fingerprint density at radius 2 is 2.14 bits per heavy atom. The van der Waals surface area contributed by atoms with Crippen molar-refractivity contribution in [3.05, 3.63) is 52.3 Å². The summed E-state index contributed by atoms with van der Waals surface area (Å²) in [6.07, 6.45) is 3.22. The van der Waals surface area contributed by atoms with Crippen molar-refractivity contribution in [3.63, 3.8) is 0 Å². The van der Waals surface area contributed by atoms with Gasteiger partial charge in [-0.25, -0.2) is 9.48 Å². The molecule has 0 unspecified atom stereocenters. The molecule has 110 valence electrons. The molecule has 0 aliphatic rings. The molecule has 7 heteroatoms. The molecule has 0 fully saturated rings. The molecule has 1 aromatic heterocycles. The Hall–Kier alpha value is -2.70. The van der Waals surface area contributed by atoms with Crippen molar-refractivity contribution in [3.8, 4) is 5.69 Å². The lowest BCUT2D eigenvalue weighted by atomic mass is 10.3.